The normalized spacial score (nSPS) is 21.8. The van der Waals surface area contributed by atoms with Crippen LogP contribution in [0.2, 0.25) is 0 Å². The number of anilines is 2. The van der Waals surface area contributed by atoms with E-state index in [4.69, 9.17) is 4.74 Å². The zero-order chi connectivity index (χ0) is 20.1. The lowest BCUT2D eigenvalue weighted by atomic mass is 9.96. The van der Waals surface area contributed by atoms with Gasteiger partial charge in [-0.1, -0.05) is 0 Å². The third kappa shape index (κ3) is 4.72. The van der Waals surface area contributed by atoms with Crippen molar-refractivity contribution in [1.82, 2.24) is 9.80 Å². The van der Waals surface area contributed by atoms with E-state index in [1.54, 1.807) is 6.92 Å². The molecule has 0 aliphatic carbocycles. The Morgan fingerprint density at radius 2 is 1.89 bits per heavy atom. The van der Waals surface area contributed by atoms with Gasteiger partial charge < -0.3 is 24.8 Å². The third-order valence-electron chi connectivity index (χ3n) is 5.79. The highest BCUT2D eigenvalue weighted by atomic mass is 16.5. The number of nitrogens with zero attached hydrogens (tertiary/aromatic N) is 3. The highest BCUT2D eigenvalue weighted by Gasteiger charge is 2.32. The first-order valence-corrected chi connectivity index (χ1v) is 10.4. The fourth-order valence-corrected chi connectivity index (χ4v) is 4.07. The van der Waals surface area contributed by atoms with Gasteiger partial charge in [0, 0.05) is 45.8 Å². The van der Waals surface area contributed by atoms with E-state index in [0.717, 1.165) is 52.0 Å². The van der Waals surface area contributed by atoms with E-state index in [2.05, 4.69) is 22.2 Å². The van der Waals surface area contributed by atoms with Gasteiger partial charge in [0.25, 0.3) is 10.9 Å². The first-order valence-electron chi connectivity index (χ1n) is 10.4. The Morgan fingerprint density at radius 3 is 2.61 bits per heavy atom. The number of esters is 1. The molecule has 0 saturated carbocycles. The van der Waals surface area contributed by atoms with E-state index in [0.29, 0.717) is 37.6 Å². The van der Waals surface area contributed by atoms with Crippen molar-refractivity contribution in [2.75, 3.05) is 76.2 Å². The molecule has 1 aromatic carbocycles. The average Bonchev–Trinajstić information content (AvgIpc) is 2.71. The van der Waals surface area contributed by atoms with Gasteiger partial charge in [-0.3, -0.25) is 14.4 Å². The van der Waals surface area contributed by atoms with Crippen LogP contribution < -0.4 is 21.1 Å². The van der Waals surface area contributed by atoms with Crippen LogP contribution in [-0.2, 0) is 9.53 Å². The van der Waals surface area contributed by atoms with Crippen molar-refractivity contribution in [3.8, 4) is 0 Å². The molecule has 2 aliphatic rings. The van der Waals surface area contributed by atoms with Gasteiger partial charge in [0.2, 0.25) is 0 Å². The van der Waals surface area contributed by atoms with Crippen molar-refractivity contribution < 1.29 is 9.53 Å². The topological polar surface area (TPSA) is 82.2 Å². The van der Waals surface area contributed by atoms with Crippen LogP contribution in [0.5, 0.6) is 0 Å². The summed E-state index contributed by atoms with van der Waals surface area (Å²) in [5.74, 6) is -0.448. The van der Waals surface area contributed by atoms with Gasteiger partial charge in [-0.25, -0.2) is 0 Å². The summed E-state index contributed by atoms with van der Waals surface area (Å²) in [6.07, 6.45) is 2.50. The Balaban J connectivity index is 1.51. The summed E-state index contributed by atoms with van der Waals surface area (Å²) in [4.78, 5) is 42.9. The van der Waals surface area contributed by atoms with Gasteiger partial charge >= 0.3 is 5.97 Å². The summed E-state index contributed by atoms with van der Waals surface area (Å²) in [5.41, 5.74) is 0.00501. The van der Waals surface area contributed by atoms with E-state index in [9.17, 15) is 14.4 Å². The minimum absolute atomic E-state index is 0.215. The molecule has 0 spiro atoms. The van der Waals surface area contributed by atoms with Crippen LogP contribution in [0, 0.1) is 5.92 Å². The first-order chi connectivity index (χ1) is 13.5. The maximum Gasteiger partial charge on any atom is 0.310 e. The van der Waals surface area contributed by atoms with E-state index in [1.165, 1.54) is 0 Å². The summed E-state index contributed by atoms with van der Waals surface area (Å²) in [6.45, 7) is 9.26. The number of rotatable bonds is 8. The lowest BCUT2D eigenvalue weighted by Gasteiger charge is -2.34. The number of hydrogen-bond donors (Lipinski definition) is 1. The highest BCUT2D eigenvalue weighted by molar-refractivity contribution is 5.78. The molecule has 2 heterocycles. The largest absolute Gasteiger partial charge is 0.466 e. The molecule has 0 amide bonds. The smallest absolute Gasteiger partial charge is 0.310 e. The van der Waals surface area contributed by atoms with Crippen molar-refractivity contribution in [2.24, 2.45) is 5.92 Å². The van der Waals surface area contributed by atoms with Crippen molar-refractivity contribution in [2.45, 2.75) is 26.2 Å². The van der Waals surface area contributed by atoms with Crippen LogP contribution in [-0.4, -0.2) is 81.8 Å². The van der Waals surface area contributed by atoms with Crippen LogP contribution >= 0.6 is 0 Å². The number of ether oxygens (including phenoxy) is 1. The maximum absolute atomic E-state index is 12.2. The van der Waals surface area contributed by atoms with Crippen LogP contribution in [0.25, 0.3) is 0 Å². The molecule has 1 aromatic rings. The zero-order valence-electron chi connectivity index (χ0n) is 17.0. The molecular formula is C20H32N4O4. The second-order valence-electron chi connectivity index (χ2n) is 7.84. The molecule has 0 aromatic heterocycles. The van der Waals surface area contributed by atoms with Crippen LogP contribution in [0.3, 0.4) is 0 Å². The lowest BCUT2D eigenvalue weighted by Crippen LogP contribution is -2.48. The lowest BCUT2D eigenvalue weighted by molar-refractivity contribution is -0.148. The summed E-state index contributed by atoms with van der Waals surface area (Å²) in [6, 6.07) is 0. The summed E-state index contributed by atoms with van der Waals surface area (Å²) in [7, 11) is 2.14. The van der Waals surface area contributed by atoms with Crippen molar-refractivity contribution >= 4 is 17.3 Å². The number of nitrogens with one attached hydrogen (secondary N) is 1. The number of hydrogen-bond acceptors (Lipinski definition) is 8. The van der Waals surface area contributed by atoms with Crippen molar-refractivity contribution in [3.05, 3.63) is 20.4 Å². The number of piperidine rings is 1. The molecular weight excluding hydrogens is 360 g/mol. The molecule has 1 N–H and O–H groups in total. The second-order valence-corrected chi connectivity index (χ2v) is 7.84. The molecule has 0 unspecified atom stereocenters. The van der Waals surface area contributed by atoms with Crippen molar-refractivity contribution in [1.29, 1.82) is 0 Å². The SMILES string of the molecule is CCOC(=O)[C@@H]1CCCN(c2c(NCCCN3CCN(C)CC3)c(=O)c2=O)C1. The van der Waals surface area contributed by atoms with Crippen LogP contribution in [0.4, 0.5) is 11.4 Å². The fraction of sp³-hybridized carbons (Fsp3) is 0.750. The van der Waals surface area contributed by atoms with E-state index >= 15 is 0 Å². The molecule has 3 rings (SSSR count). The van der Waals surface area contributed by atoms with Gasteiger partial charge in [-0.2, -0.15) is 0 Å². The van der Waals surface area contributed by atoms with Crippen LogP contribution in [0.1, 0.15) is 26.2 Å². The summed E-state index contributed by atoms with van der Waals surface area (Å²) >= 11 is 0. The molecule has 2 fully saturated rings. The van der Waals surface area contributed by atoms with Gasteiger partial charge in [0.1, 0.15) is 11.4 Å². The summed E-state index contributed by atoms with van der Waals surface area (Å²) in [5, 5.41) is 3.18. The molecule has 2 saturated heterocycles. The minimum Gasteiger partial charge on any atom is -0.466 e. The predicted molar refractivity (Wildman–Crippen MR) is 110 cm³/mol. The maximum atomic E-state index is 12.2. The molecule has 1 atom stereocenters. The standard InChI is InChI=1S/C20H32N4O4/c1-3-28-20(27)15-6-4-9-24(14-15)17-16(18(25)19(17)26)21-7-5-8-23-12-10-22(2)11-13-23/h15,21H,3-14H2,1-2H3/t15-/m1/s1. The molecule has 8 nitrogen and oxygen atoms in total. The third-order valence-corrected chi connectivity index (χ3v) is 5.79. The van der Waals surface area contributed by atoms with Gasteiger partial charge in [0.15, 0.2) is 0 Å². The number of carbonyl (C=O) groups excluding carboxylic acids is 1. The molecule has 2 aliphatic heterocycles. The predicted octanol–water partition coefficient (Wildman–Crippen LogP) is 0.112. The average molecular weight is 393 g/mol. The Bertz CT molecular complexity index is 735. The van der Waals surface area contributed by atoms with Gasteiger partial charge in [0.05, 0.1) is 12.5 Å². The molecule has 0 bridgehead atoms. The Hall–Kier alpha value is -1.93. The highest BCUT2D eigenvalue weighted by Crippen LogP contribution is 2.27. The quantitative estimate of drug-likeness (QED) is 0.379. The number of carbonyl (C=O) groups is 1. The Morgan fingerprint density at radius 1 is 1.14 bits per heavy atom. The second kappa shape index (κ2) is 9.52. The Kier molecular flexibility index (Phi) is 7.07. The fourth-order valence-electron chi connectivity index (χ4n) is 4.07. The minimum atomic E-state index is -0.439. The monoisotopic (exact) mass is 392 g/mol. The first kappa shape index (κ1) is 20.8. The molecule has 28 heavy (non-hydrogen) atoms. The molecule has 8 heteroatoms. The van der Waals surface area contributed by atoms with E-state index < -0.39 is 10.9 Å². The summed E-state index contributed by atoms with van der Waals surface area (Å²) < 4.78 is 5.12. The van der Waals surface area contributed by atoms with Crippen LogP contribution in [0.15, 0.2) is 9.59 Å². The van der Waals surface area contributed by atoms with Gasteiger partial charge in [-0.15, -0.1) is 0 Å². The number of likely N-dealkylation sites (N-methyl/N-ethyl adjacent to an activating group) is 1. The molecule has 156 valence electrons. The van der Waals surface area contributed by atoms with Gasteiger partial charge in [-0.05, 0) is 39.8 Å². The van der Waals surface area contributed by atoms with E-state index in [-0.39, 0.29) is 11.9 Å². The zero-order valence-corrected chi connectivity index (χ0v) is 17.0. The Labute approximate surface area is 166 Å². The van der Waals surface area contributed by atoms with Crippen molar-refractivity contribution in [3.63, 3.8) is 0 Å². The number of piperazine rings is 1. The molecule has 0 radical (unpaired) electrons. The van der Waals surface area contributed by atoms with E-state index in [1.807, 2.05) is 4.90 Å².